The zero-order valence-corrected chi connectivity index (χ0v) is 62.8. The minimum absolute atomic E-state index is 0. The van der Waals surface area contributed by atoms with Crippen LogP contribution >= 0.6 is 15.9 Å². The minimum Gasteiger partial charge on any atom is -0.405 e. The Morgan fingerprint density at radius 1 is 0.238 bits per heavy atom. The Bertz CT molecular complexity index is 5370. The first-order valence-electron chi connectivity index (χ1n) is 36.0. The first-order valence-corrected chi connectivity index (χ1v) is 36.8. The summed E-state index contributed by atoms with van der Waals surface area (Å²) in [5.41, 5.74) is 17.6. The van der Waals surface area contributed by atoms with E-state index >= 15 is 0 Å². The second-order valence-electron chi connectivity index (χ2n) is 30.4. The van der Waals surface area contributed by atoms with Crippen LogP contribution in [-0.2, 0) is 27.9 Å². The topological polar surface area (TPSA) is 81.2 Å². The van der Waals surface area contributed by atoms with Crippen molar-refractivity contribution >= 4 is 85.7 Å². The van der Waals surface area contributed by atoms with Gasteiger partial charge in [0.1, 0.15) is 4.60 Å². The smallest absolute Gasteiger partial charge is 0.405 e. The van der Waals surface area contributed by atoms with Crippen molar-refractivity contribution in [2.24, 2.45) is 0 Å². The van der Waals surface area contributed by atoms with Crippen LogP contribution in [0.5, 0.6) is 0 Å². The Morgan fingerprint density at radius 3 is 0.800 bits per heavy atom. The Balaban J connectivity index is 0.000000144. The molecule has 0 atom stereocenters. The number of halogens is 1. The van der Waals surface area contributed by atoms with Gasteiger partial charge in [0.15, 0.2) is 0 Å². The van der Waals surface area contributed by atoms with Crippen LogP contribution in [0.15, 0.2) is 296 Å². The number of pyridine rings is 2. The Labute approximate surface area is 628 Å². The van der Waals surface area contributed by atoms with Crippen molar-refractivity contribution in [2.45, 2.75) is 124 Å². The predicted octanol–water partition coefficient (Wildman–Crippen LogP) is 24.1. The van der Waals surface area contributed by atoms with Gasteiger partial charge < -0.3 is 27.9 Å². The molecule has 105 heavy (non-hydrogen) atoms. The molecule has 0 radical (unpaired) electrons. The van der Waals surface area contributed by atoms with E-state index in [1.54, 1.807) is 0 Å². The lowest BCUT2D eigenvalue weighted by Gasteiger charge is -2.32. The second kappa shape index (κ2) is 28.7. The van der Waals surface area contributed by atoms with Gasteiger partial charge in [-0.1, -0.05) is 262 Å². The average Bonchev–Trinajstić information content (AvgIpc) is 1.66. The highest BCUT2D eigenvalue weighted by Crippen LogP contribution is 2.49. The van der Waals surface area contributed by atoms with Gasteiger partial charge in [0.05, 0.1) is 39.2 Å². The summed E-state index contributed by atoms with van der Waals surface area (Å²) < 4.78 is 37.3. The maximum absolute atomic E-state index is 6.31. The lowest BCUT2D eigenvalue weighted by molar-refractivity contribution is 0.00578. The molecule has 12 aromatic carbocycles. The van der Waals surface area contributed by atoms with Crippen molar-refractivity contribution in [2.75, 3.05) is 0 Å². The standard InChI is InChI=1S/C43H36BNO2.C37H24BrN.C12H24B2O4.CH4/c1-42(2)43(3,4)47-44(46-42)39-26-24-34(28-45-39)41-36-18-12-11-17-35(36)40(32-21-19-31(20-22-32)29-13-7-5-8-14-29)38-27-33(23-25-37(38)41)30-15-9-6-10-16-30;38-35-22-20-30(24-39-35)37-32-14-8-7-13-31(32)36(28-17-15-27(16-18-28)25-9-3-1-4-10-25)34-23-29(19-21-33(34)37)26-11-5-2-6-12-26;1-9(2)10(3,4)16-13(15-9)14-17-11(5,6)12(7,8)18-14;/h5-28H,1-4H3;1-24H;1-8H3;1H4. The van der Waals surface area contributed by atoms with Gasteiger partial charge in [0.25, 0.3) is 0 Å². The van der Waals surface area contributed by atoms with Gasteiger partial charge in [0, 0.05) is 23.5 Å². The molecule has 3 aliphatic heterocycles. The van der Waals surface area contributed by atoms with Gasteiger partial charge in [-0.05, 0) is 244 Å². The molecule has 17 rings (SSSR count). The summed E-state index contributed by atoms with van der Waals surface area (Å²) in [4.78, 5) is 9.49. The number of nitrogens with zero attached hydrogens (tertiary/aromatic N) is 2. The van der Waals surface area contributed by atoms with E-state index in [0.717, 1.165) is 21.3 Å². The van der Waals surface area contributed by atoms with Crippen LogP contribution in [0, 0.1) is 0 Å². The molecular formula is C93H88B3BrN2O6. The number of fused-ring (bicyclic) bond motifs is 4. The van der Waals surface area contributed by atoms with E-state index in [-0.39, 0.29) is 29.8 Å². The third-order valence-corrected chi connectivity index (χ3v) is 22.6. The molecular weight excluding hydrogens is 1350 g/mol. The molecule has 5 heterocycles. The fourth-order valence-corrected chi connectivity index (χ4v) is 14.6. The van der Waals surface area contributed by atoms with E-state index in [0.29, 0.717) is 0 Å². The van der Waals surface area contributed by atoms with Crippen molar-refractivity contribution in [3.05, 3.63) is 296 Å². The highest BCUT2D eigenvalue weighted by molar-refractivity contribution is 9.10. The second-order valence-corrected chi connectivity index (χ2v) is 31.2. The zero-order chi connectivity index (χ0) is 72.3. The van der Waals surface area contributed by atoms with E-state index in [9.17, 15) is 0 Å². The summed E-state index contributed by atoms with van der Waals surface area (Å²) in [6.45, 7) is 24.5. The third-order valence-electron chi connectivity index (χ3n) is 22.2. The average molecular weight is 1440 g/mol. The summed E-state index contributed by atoms with van der Waals surface area (Å²) >= 11 is 3.51. The molecule has 8 nitrogen and oxygen atoms in total. The Morgan fingerprint density at radius 2 is 0.486 bits per heavy atom. The van der Waals surface area contributed by atoms with Gasteiger partial charge in [0.2, 0.25) is 0 Å². The molecule has 14 aromatic rings. The molecule has 0 aliphatic carbocycles. The minimum atomic E-state index is -0.503. The van der Waals surface area contributed by atoms with Crippen molar-refractivity contribution < 1.29 is 27.9 Å². The fraction of sp³-hybridized carbons (Fsp3) is 0.204. The molecule has 3 saturated heterocycles. The zero-order valence-electron chi connectivity index (χ0n) is 61.2. The quantitative estimate of drug-likeness (QED) is 0.0761. The summed E-state index contributed by atoms with van der Waals surface area (Å²) in [6.07, 6.45) is 3.94. The summed E-state index contributed by atoms with van der Waals surface area (Å²) in [7, 11) is -1.45. The third kappa shape index (κ3) is 14.1. The maximum Gasteiger partial charge on any atom is 0.514 e. The first kappa shape index (κ1) is 72.4. The number of hydrogen-bond acceptors (Lipinski definition) is 8. The van der Waals surface area contributed by atoms with E-state index in [1.807, 2.05) is 79.9 Å². The van der Waals surface area contributed by atoms with Gasteiger partial charge in [-0.15, -0.1) is 0 Å². The molecule has 0 unspecified atom stereocenters. The van der Waals surface area contributed by atoms with Crippen LogP contribution < -0.4 is 5.59 Å². The normalized spacial score (nSPS) is 16.5. The van der Waals surface area contributed by atoms with Crippen molar-refractivity contribution in [1.82, 2.24) is 9.97 Å². The van der Waals surface area contributed by atoms with E-state index < -0.39 is 32.3 Å². The van der Waals surface area contributed by atoms with Crippen LogP contribution in [0.1, 0.15) is 90.5 Å². The molecule has 3 fully saturated rings. The Hall–Kier alpha value is -9.59. The van der Waals surface area contributed by atoms with Gasteiger partial charge >= 0.3 is 21.1 Å². The van der Waals surface area contributed by atoms with Crippen LogP contribution in [0.2, 0.25) is 0 Å². The molecule has 12 heteroatoms. The fourth-order valence-electron chi connectivity index (χ4n) is 14.3. The Kier molecular flexibility index (Phi) is 19.8. The lowest BCUT2D eigenvalue weighted by Crippen LogP contribution is -2.41. The van der Waals surface area contributed by atoms with E-state index in [1.165, 1.54) is 121 Å². The molecule has 522 valence electrons. The number of aromatic nitrogens is 2. The van der Waals surface area contributed by atoms with E-state index in [4.69, 9.17) is 32.9 Å². The highest BCUT2D eigenvalue weighted by atomic mass is 79.9. The molecule has 3 aliphatic rings. The summed E-state index contributed by atoms with van der Waals surface area (Å²) in [5.74, 6) is 0. The summed E-state index contributed by atoms with van der Waals surface area (Å²) in [5, 5.41) is 9.73. The molecule has 0 bridgehead atoms. The van der Waals surface area contributed by atoms with Crippen LogP contribution in [0.25, 0.3) is 132 Å². The highest BCUT2D eigenvalue weighted by Gasteiger charge is 2.64. The SMILES string of the molecule is Brc1ccc(-c2c3ccccc3c(-c3ccc(-c4ccccc4)cc3)c3cc(-c4ccccc4)ccc23)cn1.C.CC1(C)OB(B2OC(C)(C)C(C)(C)O2)OC1(C)C.CC1(C)OB(c2ccc(-c3c4ccccc4c(-c4ccc(-c5ccccc5)cc4)c4cc(-c5ccccc5)ccc34)cn2)OC1(C)C. The van der Waals surface area contributed by atoms with Gasteiger partial charge in [-0.3, -0.25) is 4.98 Å². The number of benzene rings is 12. The van der Waals surface area contributed by atoms with E-state index in [2.05, 4.69) is 316 Å². The molecule has 0 N–H and O–H groups in total. The molecule has 0 spiro atoms. The van der Waals surface area contributed by atoms with Crippen LogP contribution in [-0.4, -0.2) is 64.7 Å². The largest absolute Gasteiger partial charge is 0.514 e. The van der Waals surface area contributed by atoms with Crippen molar-refractivity contribution in [3.8, 4) is 89.0 Å². The van der Waals surface area contributed by atoms with Crippen molar-refractivity contribution in [3.63, 3.8) is 0 Å². The molecule has 0 saturated carbocycles. The molecule has 0 amide bonds. The lowest BCUT2D eigenvalue weighted by atomic mass is 9.49. The van der Waals surface area contributed by atoms with Crippen molar-refractivity contribution in [1.29, 1.82) is 0 Å². The van der Waals surface area contributed by atoms with Crippen LogP contribution in [0.4, 0.5) is 0 Å². The maximum atomic E-state index is 6.31. The first-order chi connectivity index (χ1) is 49.9. The van der Waals surface area contributed by atoms with Gasteiger partial charge in [-0.25, -0.2) is 4.98 Å². The van der Waals surface area contributed by atoms with Crippen LogP contribution in [0.3, 0.4) is 0 Å². The summed E-state index contributed by atoms with van der Waals surface area (Å²) in [6, 6.07) is 100.0. The number of hydrogen-bond donors (Lipinski definition) is 0. The monoisotopic (exact) mass is 1440 g/mol. The number of rotatable bonds is 10. The van der Waals surface area contributed by atoms with Gasteiger partial charge in [-0.2, -0.15) is 0 Å². The molecule has 2 aromatic heterocycles. The predicted molar refractivity (Wildman–Crippen MR) is 444 cm³/mol.